The molecule has 0 spiro atoms. The van der Waals surface area contributed by atoms with E-state index in [1.165, 1.54) is 4.31 Å². The van der Waals surface area contributed by atoms with Crippen LogP contribution in [0.5, 0.6) is 5.75 Å². The van der Waals surface area contributed by atoms with E-state index in [9.17, 15) is 8.42 Å². The van der Waals surface area contributed by atoms with Crippen LogP contribution in [0.4, 0.5) is 11.4 Å². The molecule has 24 heavy (non-hydrogen) atoms. The summed E-state index contributed by atoms with van der Waals surface area (Å²) >= 11 is 0. The minimum Gasteiger partial charge on any atom is -0.490 e. The van der Waals surface area contributed by atoms with E-state index in [2.05, 4.69) is 4.90 Å². The van der Waals surface area contributed by atoms with Crippen molar-refractivity contribution in [3.63, 3.8) is 0 Å². The fourth-order valence-corrected chi connectivity index (χ4v) is 5.16. The predicted molar refractivity (Wildman–Crippen MR) is 94.6 cm³/mol. The molecule has 0 fully saturated rings. The number of hydrogen-bond acceptors (Lipinski definition) is 4. The average Bonchev–Trinajstić information content (AvgIpc) is 3.00. The van der Waals surface area contributed by atoms with Crippen molar-refractivity contribution in [2.45, 2.75) is 18.2 Å². The van der Waals surface area contributed by atoms with E-state index in [1.807, 2.05) is 44.3 Å². The highest BCUT2D eigenvalue weighted by Gasteiger charge is 2.33. The molecular weight excluding hydrogens is 324 g/mol. The Morgan fingerprint density at radius 3 is 2.71 bits per heavy atom. The molecule has 0 unspecified atom stereocenters. The Hall–Kier alpha value is -2.21. The number of aryl methyl sites for hydroxylation is 1. The number of para-hydroxylation sites is 1. The third-order valence-electron chi connectivity index (χ3n) is 4.76. The van der Waals surface area contributed by atoms with Crippen molar-refractivity contribution in [2.24, 2.45) is 0 Å². The largest absolute Gasteiger partial charge is 0.490 e. The molecule has 2 aliphatic heterocycles. The van der Waals surface area contributed by atoms with Crippen molar-refractivity contribution in [3.05, 3.63) is 47.5 Å². The first-order chi connectivity index (χ1) is 11.5. The molecule has 5 nitrogen and oxygen atoms in total. The molecule has 0 bridgehead atoms. The fraction of sp³-hybridized carbons (Fsp3) is 0.333. The van der Waals surface area contributed by atoms with Crippen LogP contribution in [0.3, 0.4) is 0 Å². The smallest absolute Gasteiger partial charge is 0.264 e. The number of likely N-dealkylation sites (N-methyl/N-ethyl adjacent to an activating group) is 1. The van der Waals surface area contributed by atoms with E-state index in [1.54, 1.807) is 6.07 Å². The standard InChI is InChI=1S/C18H20N2O3S/c1-13-11-16-17(23-10-9-19(16)2)12-18(13)24(21,22)20-8-7-14-5-3-4-6-15(14)20/h3-6,11-12H,7-10H2,1-2H3. The van der Waals surface area contributed by atoms with E-state index < -0.39 is 10.0 Å². The quantitative estimate of drug-likeness (QED) is 0.840. The first-order valence-corrected chi connectivity index (χ1v) is 9.52. The van der Waals surface area contributed by atoms with Crippen LogP contribution in [-0.4, -0.2) is 35.2 Å². The van der Waals surface area contributed by atoms with Gasteiger partial charge in [-0.1, -0.05) is 18.2 Å². The fourth-order valence-electron chi connectivity index (χ4n) is 3.44. The Morgan fingerprint density at radius 2 is 1.88 bits per heavy atom. The summed E-state index contributed by atoms with van der Waals surface area (Å²) in [6.07, 6.45) is 0.749. The topological polar surface area (TPSA) is 49.9 Å². The zero-order valence-corrected chi connectivity index (χ0v) is 14.6. The Balaban J connectivity index is 1.81. The van der Waals surface area contributed by atoms with E-state index in [0.29, 0.717) is 23.8 Å². The second kappa shape index (κ2) is 5.41. The summed E-state index contributed by atoms with van der Waals surface area (Å²) in [5.41, 5.74) is 3.55. The molecule has 0 aliphatic carbocycles. The highest BCUT2D eigenvalue weighted by Crippen LogP contribution is 2.38. The van der Waals surface area contributed by atoms with E-state index in [0.717, 1.165) is 35.5 Å². The van der Waals surface area contributed by atoms with Crippen LogP contribution in [0.2, 0.25) is 0 Å². The molecule has 4 rings (SSSR count). The molecule has 2 aromatic carbocycles. The molecule has 0 saturated heterocycles. The van der Waals surface area contributed by atoms with Gasteiger partial charge in [0, 0.05) is 19.7 Å². The first kappa shape index (κ1) is 15.3. The molecule has 126 valence electrons. The predicted octanol–water partition coefficient (Wildman–Crippen LogP) is 2.58. The van der Waals surface area contributed by atoms with Gasteiger partial charge in [0.15, 0.2) is 0 Å². The van der Waals surface area contributed by atoms with Gasteiger partial charge in [0.2, 0.25) is 0 Å². The molecule has 6 heteroatoms. The van der Waals surface area contributed by atoms with Crippen molar-refractivity contribution >= 4 is 21.4 Å². The van der Waals surface area contributed by atoms with Crippen molar-refractivity contribution in [1.29, 1.82) is 0 Å². The van der Waals surface area contributed by atoms with Gasteiger partial charge in [0.05, 0.1) is 22.8 Å². The maximum Gasteiger partial charge on any atom is 0.264 e. The van der Waals surface area contributed by atoms with Crippen molar-refractivity contribution in [2.75, 3.05) is 35.9 Å². The molecule has 0 radical (unpaired) electrons. The summed E-state index contributed by atoms with van der Waals surface area (Å²) in [6, 6.07) is 11.3. The SMILES string of the molecule is Cc1cc2c(cc1S(=O)(=O)N1CCc3ccccc31)OCCN2C. The van der Waals surface area contributed by atoms with Crippen molar-refractivity contribution < 1.29 is 13.2 Å². The molecule has 2 heterocycles. The molecular formula is C18H20N2O3S. The number of ether oxygens (including phenoxy) is 1. The number of fused-ring (bicyclic) bond motifs is 2. The van der Waals surface area contributed by atoms with E-state index >= 15 is 0 Å². The summed E-state index contributed by atoms with van der Waals surface area (Å²) < 4.78 is 33.7. The lowest BCUT2D eigenvalue weighted by Crippen LogP contribution is -2.31. The lowest BCUT2D eigenvalue weighted by molar-refractivity contribution is 0.310. The van der Waals surface area contributed by atoms with Gasteiger partial charge >= 0.3 is 0 Å². The number of sulfonamides is 1. The van der Waals surface area contributed by atoms with Gasteiger partial charge in [0.1, 0.15) is 12.4 Å². The van der Waals surface area contributed by atoms with Crippen LogP contribution >= 0.6 is 0 Å². The minimum absolute atomic E-state index is 0.327. The number of nitrogens with zero attached hydrogens (tertiary/aromatic N) is 2. The monoisotopic (exact) mass is 344 g/mol. The Kier molecular flexibility index (Phi) is 3.46. The molecule has 2 aromatic rings. The van der Waals surface area contributed by atoms with Gasteiger partial charge in [-0.25, -0.2) is 8.42 Å². The summed E-state index contributed by atoms with van der Waals surface area (Å²) in [5, 5.41) is 0. The molecule has 0 atom stereocenters. The average molecular weight is 344 g/mol. The minimum atomic E-state index is -3.60. The number of rotatable bonds is 2. The maximum atomic E-state index is 13.2. The summed E-state index contributed by atoms with van der Waals surface area (Å²) in [4.78, 5) is 2.42. The van der Waals surface area contributed by atoms with Crippen LogP contribution in [0, 0.1) is 6.92 Å². The van der Waals surface area contributed by atoms with Crippen LogP contribution in [0.15, 0.2) is 41.3 Å². The molecule has 0 saturated carbocycles. The van der Waals surface area contributed by atoms with Gasteiger partial charge in [-0.2, -0.15) is 0 Å². The van der Waals surface area contributed by atoms with Crippen molar-refractivity contribution in [3.8, 4) is 5.75 Å². The van der Waals surface area contributed by atoms with Gasteiger partial charge < -0.3 is 9.64 Å². The van der Waals surface area contributed by atoms with E-state index in [4.69, 9.17) is 4.74 Å². The maximum absolute atomic E-state index is 13.2. The Labute approximate surface area is 142 Å². The molecule has 0 aromatic heterocycles. The molecule has 2 aliphatic rings. The zero-order valence-electron chi connectivity index (χ0n) is 13.8. The normalized spacial score (nSPS) is 16.6. The van der Waals surface area contributed by atoms with E-state index in [-0.39, 0.29) is 0 Å². The Morgan fingerprint density at radius 1 is 1.08 bits per heavy atom. The third kappa shape index (κ3) is 2.24. The zero-order chi connectivity index (χ0) is 16.9. The van der Waals surface area contributed by atoms with Crippen LogP contribution in [-0.2, 0) is 16.4 Å². The van der Waals surface area contributed by atoms with Gasteiger partial charge in [0.25, 0.3) is 10.0 Å². The van der Waals surface area contributed by atoms with Crippen LogP contribution in [0.1, 0.15) is 11.1 Å². The van der Waals surface area contributed by atoms with Crippen LogP contribution < -0.4 is 13.9 Å². The summed E-state index contributed by atoms with van der Waals surface area (Å²) in [6.45, 7) is 3.70. The molecule has 0 amide bonds. The van der Waals surface area contributed by atoms with Crippen LogP contribution in [0.25, 0.3) is 0 Å². The lowest BCUT2D eigenvalue weighted by Gasteiger charge is -2.29. The highest BCUT2D eigenvalue weighted by molar-refractivity contribution is 7.93. The van der Waals surface area contributed by atoms with Crippen molar-refractivity contribution in [1.82, 2.24) is 0 Å². The Bertz CT molecular complexity index is 908. The van der Waals surface area contributed by atoms with Gasteiger partial charge in [-0.3, -0.25) is 4.31 Å². The molecule has 0 N–H and O–H groups in total. The highest BCUT2D eigenvalue weighted by atomic mass is 32.2. The third-order valence-corrected chi connectivity index (χ3v) is 6.72. The van der Waals surface area contributed by atoms with Gasteiger partial charge in [-0.15, -0.1) is 0 Å². The number of anilines is 2. The second-order valence-corrected chi connectivity index (χ2v) is 8.14. The summed E-state index contributed by atoms with van der Waals surface area (Å²) in [7, 11) is -1.61. The second-order valence-electron chi connectivity index (χ2n) is 6.31. The number of benzene rings is 2. The number of hydrogen-bond donors (Lipinski definition) is 0. The van der Waals surface area contributed by atoms with Gasteiger partial charge in [-0.05, 0) is 36.6 Å². The lowest BCUT2D eigenvalue weighted by atomic mass is 10.1. The first-order valence-electron chi connectivity index (χ1n) is 8.08. The summed E-state index contributed by atoms with van der Waals surface area (Å²) in [5.74, 6) is 0.639.